The molecule has 1 aliphatic heterocycles. The van der Waals surface area contributed by atoms with Gasteiger partial charge in [0, 0.05) is 26.7 Å². The lowest BCUT2D eigenvalue weighted by Gasteiger charge is -2.22. The lowest BCUT2D eigenvalue weighted by Crippen LogP contribution is -2.36. The first kappa shape index (κ1) is 15.1. The van der Waals surface area contributed by atoms with E-state index < -0.39 is 8.56 Å². The van der Waals surface area contributed by atoms with Crippen molar-refractivity contribution in [3.8, 4) is 0 Å². The van der Waals surface area contributed by atoms with Crippen LogP contribution in [0, 0.1) is 5.92 Å². The highest BCUT2D eigenvalue weighted by Crippen LogP contribution is 2.23. The average Bonchev–Trinajstić information content (AvgIpc) is 3.17. The molecule has 0 amide bonds. The van der Waals surface area contributed by atoms with Crippen LogP contribution in [0.5, 0.6) is 0 Å². The van der Waals surface area contributed by atoms with Gasteiger partial charge in [-0.05, 0) is 25.4 Å². The van der Waals surface area contributed by atoms with Crippen LogP contribution in [0.15, 0.2) is 0 Å². The first-order valence-electron chi connectivity index (χ1n) is 6.45. The minimum absolute atomic E-state index is 0.456. The van der Waals surface area contributed by atoms with Crippen LogP contribution in [0.3, 0.4) is 0 Å². The van der Waals surface area contributed by atoms with Crippen molar-refractivity contribution in [1.29, 1.82) is 0 Å². The number of rotatable bonds is 10. The lowest BCUT2D eigenvalue weighted by atomic mass is 10.0. The predicted molar refractivity (Wildman–Crippen MR) is 69.4 cm³/mol. The third-order valence-corrected chi connectivity index (χ3v) is 6.51. The molecule has 0 bridgehead atoms. The van der Waals surface area contributed by atoms with Gasteiger partial charge in [-0.2, -0.15) is 0 Å². The summed E-state index contributed by atoms with van der Waals surface area (Å²) in [4.78, 5) is 0. The van der Waals surface area contributed by atoms with Gasteiger partial charge in [0.05, 0.1) is 19.3 Å². The second kappa shape index (κ2) is 7.48. The summed E-state index contributed by atoms with van der Waals surface area (Å²) in [7, 11) is 1.56. The Hall–Kier alpha value is 0.0569. The molecule has 1 saturated heterocycles. The molecule has 4 nitrogen and oxygen atoms in total. The van der Waals surface area contributed by atoms with Crippen molar-refractivity contribution >= 4 is 8.56 Å². The van der Waals surface area contributed by atoms with Crippen molar-refractivity contribution < 1.29 is 18.3 Å². The van der Waals surface area contributed by atoms with Crippen molar-refractivity contribution in [3.05, 3.63) is 0 Å². The highest BCUT2D eigenvalue weighted by atomic mass is 28.4. The largest absolute Gasteiger partial charge is 0.398 e. The molecule has 1 aliphatic rings. The number of epoxide rings is 1. The number of hydrogen-bond donors (Lipinski definition) is 0. The van der Waals surface area contributed by atoms with Crippen LogP contribution in [0.1, 0.15) is 19.8 Å². The average molecular weight is 262 g/mol. The van der Waals surface area contributed by atoms with E-state index in [-0.39, 0.29) is 0 Å². The number of ether oxygens (including phenoxy) is 2. The molecule has 0 aromatic rings. The van der Waals surface area contributed by atoms with E-state index in [1.807, 2.05) is 0 Å². The molecule has 102 valence electrons. The van der Waals surface area contributed by atoms with Gasteiger partial charge < -0.3 is 18.3 Å². The van der Waals surface area contributed by atoms with Crippen molar-refractivity contribution in [2.75, 3.05) is 34.0 Å². The van der Waals surface area contributed by atoms with Crippen LogP contribution in [0.4, 0.5) is 0 Å². The third-order valence-electron chi connectivity index (χ3n) is 3.52. The van der Waals surface area contributed by atoms with Gasteiger partial charge in [0.25, 0.3) is 0 Å². The standard InChI is InChI=1S/C12H26O4Si/c1-5-11(12-10-16-12)9-15-7-6-8-17(4,13-2)14-3/h11-12H,5-10H2,1-4H3. The van der Waals surface area contributed by atoms with E-state index in [4.69, 9.17) is 18.3 Å². The maximum absolute atomic E-state index is 5.70. The van der Waals surface area contributed by atoms with E-state index in [9.17, 15) is 0 Å². The zero-order chi connectivity index (χ0) is 12.7. The first-order chi connectivity index (χ1) is 8.15. The highest BCUT2D eigenvalue weighted by molar-refractivity contribution is 6.65. The molecule has 1 rings (SSSR count). The zero-order valence-electron chi connectivity index (χ0n) is 11.5. The Kier molecular flexibility index (Phi) is 6.65. The van der Waals surface area contributed by atoms with Crippen molar-refractivity contribution in [2.45, 2.75) is 38.5 Å². The summed E-state index contributed by atoms with van der Waals surface area (Å²) in [5, 5.41) is 0. The summed E-state index contributed by atoms with van der Waals surface area (Å²) >= 11 is 0. The molecular weight excluding hydrogens is 236 g/mol. The van der Waals surface area contributed by atoms with E-state index in [0.29, 0.717) is 12.0 Å². The normalized spacial score (nSPS) is 21.5. The summed E-state index contributed by atoms with van der Waals surface area (Å²) in [6.45, 7) is 6.80. The third kappa shape index (κ3) is 5.48. The van der Waals surface area contributed by atoms with E-state index in [0.717, 1.165) is 38.7 Å². The highest BCUT2D eigenvalue weighted by Gasteiger charge is 2.31. The van der Waals surface area contributed by atoms with Crippen LogP contribution in [0.2, 0.25) is 12.6 Å². The Labute approximate surface area is 106 Å². The number of hydrogen-bond acceptors (Lipinski definition) is 4. The Balaban J connectivity index is 2.03. The fourth-order valence-electron chi connectivity index (χ4n) is 1.83. The van der Waals surface area contributed by atoms with Crippen LogP contribution in [0.25, 0.3) is 0 Å². The molecular formula is C12H26O4Si. The molecule has 0 N–H and O–H groups in total. The van der Waals surface area contributed by atoms with Crippen LogP contribution < -0.4 is 0 Å². The molecule has 0 aromatic carbocycles. The molecule has 1 fully saturated rings. The van der Waals surface area contributed by atoms with Gasteiger partial charge in [0.2, 0.25) is 0 Å². The maximum Gasteiger partial charge on any atom is 0.334 e. The van der Waals surface area contributed by atoms with E-state index >= 15 is 0 Å². The van der Waals surface area contributed by atoms with Crippen LogP contribution >= 0.6 is 0 Å². The minimum Gasteiger partial charge on any atom is -0.398 e. The Bertz CT molecular complexity index is 205. The monoisotopic (exact) mass is 262 g/mol. The molecule has 0 aromatic heterocycles. The second-order valence-corrected chi connectivity index (χ2v) is 8.34. The fraction of sp³-hybridized carbons (Fsp3) is 1.00. The van der Waals surface area contributed by atoms with Crippen molar-refractivity contribution in [2.24, 2.45) is 5.92 Å². The lowest BCUT2D eigenvalue weighted by molar-refractivity contribution is 0.0853. The Morgan fingerprint density at radius 1 is 1.35 bits per heavy atom. The Morgan fingerprint density at radius 3 is 2.47 bits per heavy atom. The molecule has 0 radical (unpaired) electrons. The summed E-state index contributed by atoms with van der Waals surface area (Å²) in [6.07, 6.45) is 2.59. The summed E-state index contributed by atoms with van der Waals surface area (Å²) < 4.78 is 21.8. The van der Waals surface area contributed by atoms with Crippen molar-refractivity contribution in [3.63, 3.8) is 0 Å². The second-order valence-electron chi connectivity index (χ2n) is 4.76. The van der Waals surface area contributed by atoms with E-state index in [2.05, 4.69) is 13.5 Å². The molecule has 0 saturated carbocycles. The van der Waals surface area contributed by atoms with E-state index in [1.165, 1.54) is 0 Å². The van der Waals surface area contributed by atoms with Gasteiger partial charge in [-0.25, -0.2) is 0 Å². The Morgan fingerprint density at radius 2 is 2.00 bits per heavy atom. The molecule has 0 spiro atoms. The SMILES string of the molecule is CCC(COCCC[Si](C)(OC)OC)C1CO1. The topological polar surface area (TPSA) is 40.2 Å². The predicted octanol–water partition coefficient (Wildman–Crippen LogP) is 2.18. The first-order valence-corrected chi connectivity index (χ1v) is 8.97. The van der Waals surface area contributed by atoms with E-state index in [1.54, 1.807) is 14.2 Å². The fourth-order valence-corrected chi connectivity index (χ4v) is 3.19. The van der Waals surface area contributed by atoms with Gasteiger partial charge in [0.1, 0.15) is 0 Å². The molecule has 0 aliphatic carbocycles. The molecule has 2 atom stereocenters. The quantitative estimate of drug-likeness (QED) is 0.344. The van der Waals surface area contributed by atoms with Gasteiger partial charge in [-0.3, -0.25) is 0 Å². The molecule has 17 heavy (non-hydrogen) atoms. The minimum atomic E-state index is -1.90. The molecule has 1 heterocycles. The van der Waals surface area contributed by atoms with Crippen LogP contribution in [-0.2, 0) is 18.3 Å². The zero-order valence-corrected chi connectivity index (χ0v) is 12.5. The van der Waals surface area contributed by atoms with Crippen LogP contribution in [-0.4, -0.2) is 48.7 Å². The summed E-state index contributed by atoms with van der Waals surface area (Å²) in [5.74, 6) is 0.573. The smallest absolute Gasteiger partial charge is 0.334 e. The summed E-state index contributed by atoms with van der Waals surface area (Å²) in [6, 6.07) is 0.983. The molecule has 5 heteroatoms. The van der Waals surface area contributed by atoms with Gasteiger partial charge >= 0.3 is 8.56 Å². The van der Waals surface area contributed by atoms with Gasteiger partial charge in [-0.1, -0.05) is 6.92 Å². The maximum atomic E-state index is 5.70. The summed E-state index contributed by atoms with van der Waals surface area (Å²) in [5.41, 5.74) is 0. The van der Waals surface area contributed by atoms with Gasteiger partial charge in [0.15, 0.2) is 0 Å². The van der Waals surface area contributed by atoms with Crippen molar-refractivity contribution in [1.82, 2.24) is 0 Å². The van der Waals surface area contributed by atoms with Gasteiger partial charge in [-0.15, -0.1) is 0 Å². The molecule has 2 unspecified atom stereocenters.